The second-order valence-corrected chi connectivity index (χ2v) is 5.95. The Labute approximate surface area is 116 Å². The molecule has 1 N–H and O–H groups in total. The van der Waals surface area contributed by atoms with E-state index in [1.807, 2.05) is 0 Å². The first kappa shape index (κ1) is 13.1. The Morgan fingerprint density at radius 1 is 1.16 bits per heavy atom. The Kier molecular flexibility index (Phi) is 4.19. The fourth-order valence-electron chi connectivity index (χ4n) is 3.63. The third kappa shape index (κ3) is 2.85. The maximum Gasteiger partial charge on any atom is 0.0725 e. The molecule has 2 heteroatoms. The van der Waals surface area contributed by atoms with Gasteiger partial charge in [0.15, 0.2) is 0 Å². The molecule has 1 aliphatic carbocycles. The highest BCUT2D eigenvalue weighted by atomic mass is 16.5. The largest absolute Gasteiger partial charge is 0.372 e. The van der Waals surface area contributed by atoms with Gasteiger partial charge >= 0.3 is 0 Å². The van der Waals surface area contributed by atoms with E-state index in [0.29, 0.717) is 6.04 Å². The Balaban J connectivity index is 1.82. The van der Waals surface area contributed by atoms with Crippen LogP contribution < -0.4 is 5.32 Å². The van der Waals surface area contributed by atoms with Crippen LogP contribution >= 0.6 is 0 Å². The van der Waals surface area contributed by atoms with E-state index >= 15 is 0 Å². The topological polar surface area (TPSA) is 21.3 Å². The minimum atomic E-state index is 0.538. The van der Waals surface area contributed by atoms with Gasteiger partial charge in [-0.3, -0.25) is 0 Å². The zero-order valence-electron chi connectivity index (χ0n) is 12.0. The summed E-state index contributed by atoms with van der Waals surface area (Å²) < 4.78 is 5.53. The molecule has 1 aromatic rings. The summed E-state index contributed by atoms with van der Waals surface area (Å²) in [5.41, 5.74) is 4.25. The van der Waals surface area contributed by atoms with Gasteiger partial charge in [-0.05, 0) is 42.0 Å². The van der Waals surface area contributed by atoms with Crippen molar-refractivity contribution in [2.45, 2.75) is 58.3 Å². The average molecular weight is 259 g/mol. The lowest BCUT2D eigenvalue weighted by atomic mass is 9.80. The van der Waals surface area contributed by atoms with Gasteiger partial charge < -0.3 is 10.1 Å². The first-order valence-corrected chi connectivity index (χ1v) is 7.81. The first-order chi connectivity index (χ1) is 9.38. The molecular formula is C17H25NO. The van der Waals surface area contributed by atoms with Gasteiger partial charge in [0, 0.05) is 6.04 Å². The van der Waals surface area contributed by atoms with Gasteiger partial charge in [-0.15, -0.1) is 0 Å². The van der Waals surface area contributed by atoms with Gasteiger partial charge in [0.1, 0.15) is 0 Å². The summed E-state index contributed by atoms with van der Waals surface area (Å²) in [6.07, 6.45) is 6.99. The molecule has 1 heterocycles. The second-order valence-electron chi connectivity index (χ2n) is 5.95. The van der Waals surface area contributed by atoms with Crippen molar-refractivity contribution in [1.82, 2.24) is 5.32 Å². The van der Waals surface area contributed by atoms with E-state index in [2.05, 4.69) is 30.4 Å². The molecule has 1 fully saturated rings. The van der Waals surface area contributed by atoms with Crippen LogP contribution in [0.4, 0.5) is 0 Å². The molecule has 3 rings (SSSR count). The van der Waals surface area contributed by atoms with Crippen LogP contribution in [0.5, 0.6) is 0 Å². The SMILES string of the molecule is CCNC(c1ccc2c(c1)COC2)C1CCCCC1. The number of hydrogen-bond donors (Lipinski definition) is 1. The Bertz CT molecular complexity index is 423. The summed E-state index contributed by atoms with van der Waals surface area (Å²) in [6, 6.07) is 7.50. The van der Waals surface area contributed by atoms with Crippen LogP contribution in [0.3, 0.4) is 0 Å². The zero-order valence-corrected chi connectivity index (χ0v) is 12.0. The number of benzene rings is 1. The highest BCUT2D eigenvalue weighted by Crippen LogP contribution is 2.35. The summed E-state index contributed by atoms with van der Waals surface area (Å²) in [5, 5.41) is 3.72. The number of nitrogens with one attached hydrogen (secondary N) is 1. The number of fused-ring (bicyclic) bond motifs is 1. The van der Waals surface area contributed by atoms with Crippen LogP contribution in [0.2, 0.25) is 0 Å². The second kappa shape index (κ2) is 6.06. The van der Waals surface area contributed by atoms with Crippen LogP contribution in [-0.2, 0) is 18.0 Å². The summed E-state index contributed by atoms with van der Waals surface area (Å²) in [4.78, 5) is 0. The third-order valence-corrected chi connectivity index (χ3v) is 4.65. The highest BCUT2D eigenvalue weighted by Gasteiger charge is 2.25. The van der Waals surface area contributed by atoms with Crippen molar-refractivity contribution in [3.63, 3.8) is 0 Å². The van der Waals surface area contributed by atoms with Crippen LogP contribution in [0.25, 0.3) is 0 Å². The fraction of sp³-hybridized carbons (Fsp3) is 0.647. The standard InChI is InChI=1S/C17H25NO/c1-2-18-17(13-6-4-3-5-7-13)14-8-9-15-11-19-12-16(15)10-14/h8-10,13,17-18H,2-7,11-12H2,1H3. The minimum absolute atomic E-state index is 0.538. The zero-order chi connectivity index (χ0) is 13.1. The van der Waals surface area contributed by atoms with E-state index < -0.39 is 0 Å². The maximum absolute atomic E-state index is 5.53. The monoisotopic (exact) mass is 259 g/mol. The Morgan fingerprint density at radius 2 is 1.95 bits per heavy atom. The smallest absolute Gasteiger partial charge is 0.0725 e. The molecule has 0 aromatic heterocycles. The lowest BCUT2D eigenvalue weighted by Crippen LogP contribution is -2.29. The van der Waals surface area contributed by atoms with Crippen molar-refractivity contribution in [2.75, 3.05) is 6.54 Å². The molecule has 19 heavy (non-hydrogen) atoms. The molecule has 2 nitrogen and oxygen atoms in total. The van der Waals surface area contributed by atoms with Crippen LogP contribution in [0, 0.1) is 5.92 Å². The quantitative estimate of drug-likeness (QED) is 0.884. The maximum atomic E-state index is 5.53. The molecule has 0 bridgehead atoms. The molecule has 0 radical (unpaired) electrons. The van der Waals surface area contributed by atoms with Gasteiger partial charge in [-0.1, -0.05) is 44.4 Å². The van der Waals surface area contributed by atoms with Crippen molar-refractivity contribution >= 4 is 0 Å². The fourth-order valence-corrected chi connectivity index (χ4v) is 3.63. The van der Waals surface area contributed by atoms with Gasteiger partial charge in [0.25, 0.3) is 0 Å². The van der Waals surface area contributed by atoms with Crippen LogP contribution in [0.15, 0.2) is 18.2 Å². The van der Waals surface area contributed by atoms with Crippen LogP contribution in [-0.4, -0.2) is 6.54 Å². The summed E-state index contributed by atoms with van der Waals surface area (Å²) in [5.74, 6) is 0.814. The van der Waals surface area contributed by atoms with E-state index in [1.54, 1.807) is 0 Å². The first-order valence-electron chi connectivity index (χ1n) is 7.81. The molecule has 2 aliphatic rings. The lowest BCUT2D eigenvalue weighted by Gasteiger charge is -2.31. The van der Waals surface area contributed by atoms with Gasteiger partial charge in [-0.25, -0.2) is 0 Å². The van der Waals surface area contributed by atoms with Crippen molar-refractivity contribution in [3.8, 4) is 0 Å². The average Bonchev–Trinajstić information content (AvgIpc) is 2.93. The minimum Gasteiger partial charge on any atom is -0.372 e. The molecule has 104 valence electrons. The molecule has 1 aliphatic heterocycles. The molecule has 1 saturated carbocycles. The van der Waals surface area contributed by atoms with Gasteiger partial charge in [0.2, 0.25) is 0 Å². The summed E-state index contributed by atoms with van der Waals surface area (Å²) in [7, 11) is 0. The summed E-state index contributed by atoms with van der Waals surface area (Å²) >= 11 is 0. The lowest BCUT2D eigenvalue weighted by molar-refractivity contribution is 0.134. The van der Waals surface area contributed by atoms with Gasteiger partial charge in [-0.2, -0.15) is 0 Å². The molecular weight excluding hydrogens is 234 g/mol. The van der Waals surface area contributed by atoms with Crippen molar-refractivity contribution in [1.29, 1.82) is 0 Å². The molecule has 0 saturated heterocycles. The molecule has 0 spiro atoms. The molecule has 1 unspecified atom stereocenters. The van der Waals surface area contributed by atoms with E-state index in [9.17, 15) is 0 Å². The van der Waals surface area contributed by atoms with Crippen LogP contribution in [0.1, 0.15) is 61.8 Å². The van der Waals surface area contributed by atoms with Gasteiger partial charge in [0.05, 0.1) is 13.2 Å². The normalized spacial score (nSPS) is 21.3. The van der Waals surface area contributed by atoms with Crippen molar-refractivity contribution in [2.24, 2.45) is 5.92 Å². The predicted octanol–water partition coefficient (Wildman–Crippen LogP) is 3.95. The number of rotatable bonds is 4. The number of ether oxygens (including phenoxy) is 1. The predicted molar refractivity (Wildman–Crippen MR) is 77.9 cm³/mol. The van der Waals surface area contributed by atoms with E-state index in [-0.39, 0.29) is 0 Å². The van der Waals surface area contributed by atoms with E-state index in [1.165, 1.54) is 48.8 Å². The van der Waals surface area contributed by atoms with Crippen molar-refractivity contribution in [3.05, 3.63) is 34.9 Å². The molecule has 0 amide bonds. The Morgan fingerprint density at radius 3 is 2.74 bits per heavy atom. The highest BCUT2D eigenvalue weighted by molar-refractivity contribution is 5.35. The molecule has 1 atom stereocenters. The third-order valence-electron chi connectivity index (χ3n) is 4.65. The van der Waals surface area contributed by atoms with Crippen molar-refractivity contribution < 1.29 is 4.74 Å². The van der Waals surface area contributed by atoms with E-state index in [4.69, 9.17) is 4.74 Å². The molecule has 1 aromatic carbocycles. The van der Waals surface area contributed by atoms with E-state index in [0.717, 1.165) is 25.7 Å². The Hall–Kier alpha value is -0.860. The summed E-state index contributed by atoms with van der Waals surface area (Å²) in [6.45, 7) is 4.86. The number of hydrogen-bond acceptors (Lipinski definition) is 2.